The second-order valence-corrected chi connectivity index (χ2v) is 11.1. The van der Waals surface area contributed by atoms with Gasteiger partial charge in [0.05, 0.1) is 10.6 Å². The van der Waals surface area contributed by atoms with Crippen molar-refractivity contribution in [2.45, 2.75) is 24.5 Å². The summed E-state index contributed by atoms with van der Waals surface area (Å²) in [4.78, 5) is 12.8. The van der Waals surface area contributed by atoms with Crippen LogP contribution in [0, 0.1) is 13.8 Å². The van der Waals surface area contributed by atoms with E-state index in [0.29, 0.717) is 23.0 Å². The number of rotatable bonds is 10. The van der Waals surface area contributed by atoms with Crippen LogP contribution in [-0.4, -0.2) is 33.2 Å². The number of halogens is 1. The molecule has 1 N–H and O–H groups in total. The van der Waals surface area contributed by atoms with Crippen LogP contribution < -0.4 is 9.62 Å². The molecule has 0 heterocycles. The van der Waals surface area contributed by atoms with E-state index in [9.17, 15) is 13.2 Å². The molecule has 0 aliphatic carbocycles. The molecule has 0 saturated heterocycles. The molecule has 0 bridgehead atoms. The number of carbonyl (C=O) groups is 1. The number of sulfonamides is 1. The number of hydrogen-bond donors (Lipinski definition) is 1. The van der Waals surface area contributed by atoms with Gasteiger partial charge in [-0.2, -0.15) is 11.8 Å². The van der Waals surface area contributed by atoms with Gasteiger partial charge in [-0.15, -0.1) is 0 Å². The van der Waals surface area contributed by atoms with Gasteiger partial charge in [0.25, 0.3) is 10.0 Å². The Morgan fingerprint density at radius 3 is 2.33 bits per heavy atom. The summed E-state index contributed by atoms with van der Waals surface area (Å²) in [5.74, 6) is 1.17. The van der Waals surface area contributed by atoms with Gasteiger partial charge in [-0.1, -0.05) is 53.6 Å². The zero-order valence-electron chi connectivity index (χ0n) is 18.6. The molecule has 0 aliphatic rings. The van der Waals surface area contributed by atoms with E-state index in [2.05, 4.69) is 5.32 Å². The van der Waals surface area contributed by atoms with Crippen LogP contribution in [0.5, 0.6) is 0 Å². The maximum Gasteiger partial charge on any atom is 0.264 e. The van der Waals surface area contributed by atoms with Crippen LogP contribution >= 0.6 is 23.4 Å². The summed E-state index contributed by atoms with van der Waals surface area (Å²) in [5, 5.41) is 3.54. The summed E-state index contributed by atoms with van der Waals surface area (Å²) in [7, 11) is -3.90. The van der Waals surface area contributed by atoms with Crippen molar-refractivity contribution in [3.05, 3.63) is 94.5 Å². The SMILES string of the molecule is Cc1ccc(S(=O)(=O)N(CC(=O)NCCSCc2ccc(Cl)cc2)c2cccc(C)c2)cc1. The molecule has 0 saturated carbocycles. The lowest BCUT2D eigenvalue weighted by molar-refractivity contribution is -0.119. The summed E-state index contributed by atoms with van der Waals surface area (Å²) in [5.41, 5.74) is 3.49. The van der Waals surface area contributed by atoms with Crippen LogP contribution in [0.25, 0.3) is 0 Å². The highest BCUT2D eigenvalue weighted by Crippen LogP contribution is 2.24. The second kappa shape index (κ2) is 11.6. The van der Waals surface area contributed by atoms with E-state index >= 15 is 0 Å². The standard InChI is InChI=1S/C25H27ClN2O3S2/c1-19-6-12-24(13-7-19)33(30,31)28(23-5-3-4-20(2)16-23)17-25(29)27-14-15-32-18-21-8-10-22(26)11-9-21/h3-13,16H,14-15,17-18H2,1-2H3,(H,27,29). The lowest BCUT2D eigenvalue weighted by Crippen LogP contribution is -2.41. The second-order valence-electron chi connectivity index (χ2n) is 7.69. The third-order valence-electron chi connectivity index (χ3n) is 4.94. The molecule has 3 rings (SSSR count). The van der Waals surface area contributed by atoms with Gasteiger partial charge in [0, 0.05) is 23.1 Å². The van der Waals surface area contributed by atoms with E-state index < -0.39 is 10.0 Å². The first kappa shape index (κ1) is 25.1. The van der Waals surface area contributed by atoms with Crippen LogP contribution in [0.1, 0.15) is 16.7 Å². The van der Waals surface area contributed by atoms with Gasteiger partial charge in [-0.25, -0.2) is 8.42 Å². The number of nitrogens with zero attached hydrogens (tertiary/aromatic N) is 1. The number of nitrogens with one attached hydrogen (secondary N) is 1. The van der Waals surface area contributed by atoms with Gasteiger partial charge in [0.15, 0.2) is 0 Å². The molecule has 0 unspecified atom stereocenters. The smallest absolute Gasteiger partial charge is 0.264 e. The van der Waals surface area contributed by atoms with Gasteiger partial charge in [-0.05, 0) is 61.4 Å². The Kier molecular flexibility index (Phi) is 8.83. The molecule has 0 fully saturated rings. The highest BCUT2D eigenvalue weighted by molar-refractivity contribution is 7.98. The van der Waals surface area contributed by atoms with Crippen molar-refractivity contribution in [2.75, 3.05) is 23.1 Å². The number of aryl methyl sites for hydroxylation is 2. The van der Waals surface area contributed by atoms with Crippen LogP contribution in [0.3, 0.4) is 0 Å². The van der Waals surface area contributed by atoms with Crippen molar-refractivity contribution in [1.29, 1.82) is 0 Å². The number of benzene rings is 3. The Morgan fingerprint density at radius 2 is 1.67 bits per heavy atom. The molecule has 0 aliphatic heterocycles. The van der Waals surface area contributed by atoms with Crippen LogP contribution in [-0.2, 0) is 20.6 Å². The lowest BCUT2D eigenvalue weighted by atomic mass is 10.2. The summed E-state index contributed by atoms with van der Waals surface area (Å²) in [6, 6.07) is 21.4. The number of hydrogen-bond acceptors (Lipinski definition) is 4. The van der Waals surface area contributed by atoms with Crippen molar-refractivity contribution in [3.63, 3.8) is 0 Å². The average molecular weight is 503 g/mol. The molecule has 1 amide bonds. The molecule has 33 heavy (non-hydrogen) atoms. The van der Waals surface area contributed by atoms with Gasteiger partial charge >= 0.3 is 0 Å². The maximum absolute atomic E-state index is 13.4. The number of amides is 1. The monoisotopic (exact) mass is 502 g/mol. The molecular weight excluding hydrogens is 476 g/mol. The topological polar surface area (TPSA) is 66.5 Å². The Balaban J connectivity index is 1.64. The molecule has 5 nitrogen and oxygen atoms in total. The molecule has 0 spiro atoms. The predicted octanol–water partition coefficient (Wildman–Crippen LogP) is 5.20. The van der Waals surface area contributed by atoms with E-state index in [1.807, 2.05) is 44.2 Å². The summed E-state index contributed by atoms with van der Waals surface area (Å²) in [6.45, 7) is 3.94. The zero-order chi connectivity index (χ0) is 23.8. The van der Waals surface area contributed by atoms with Crippen molar-refractivity contribution in [1.82, 2.24) is 5.32 Å². The number of carbonyl (C=O) groups excluding carboxylic acids is 1. The summed E-state index contributed by atoms with van der Waals surface area (Å²) >= 11 is 7.59. The van der Waals surface area contributed by atoms with Gasteiger partial charge < -0.3 is 5.32 Å². The molecule has 3 aromatic rings. The summed E-state index contributed by atoms with van der Waals surface area (Å²) in [6.07, 6.45) is 0. The minimum absolute atomic E-state index is 0.154. The van der Waals surface area contributed by atoms with Gasteiger partial charge in [0.1, 0.15) is 6.54 Å². The van der Waals surface area contributed by atoms with E-state index in [-0.39, 0.29) is 17.3 Å². The minimum atomic E-state index is -3.90. The number of anilines is 1. The van der Waals surface area contributed by atoms with Crippen LogP contribution in [0.4, 0.5) is 5.69 Å². The molecular formula is C25H27ClN2O3S2. The Morgan fingerprint density at radius 1 is 0.970 bits per heavy atom. The lowest BCUT2D eigenvalue weighted by Gasteiger charge is -2.24. The zero-order valence-corrected chi connectivity index (χ0v) is 21.0. The van der Waals surface area contributed by atoms with Crippen LogP contribution in [0.15, 0.2) is 77.7 Å². The molecule has 0 radical (unpaired) electrons. The molecule has 0 aromatic heterocycles. The van der Waals surface area contributed by atoms with Crippen molar-refractivity contribution in [3.8, 4) is 0 Å². The normalized spacial score (nSPS) is 11.2. The fourth-order valence-electron chi connectivity index (χ4n) is 3.16. The van der Waals surface area contributed by atoms with Crippen molar-refractivity contribution >= 4 is 45.0 Å². The quantitative estimate of drug-likeness (QED) is 0.387. The van der Waals surface area contributed by atoms with E-state index in [1.165, 1.54) is 4.31 Å². The average Bonchev–Trinajstić information content (AvgIpc) is 2.78. The maximum atomic E-state index is 13.4. The Bertz CT molecular complexity index is 1180. The van der Waals surface area contributed by atoms with Crippen LogP contribution in [0.2, 0.25) is 5.02 Å². The molecule has 0 atom stereocenters. The van der Waals surface area contributed by atoms with E-state index in [0.717, 1.165) is 22.4 Å². The highest BCUT2D eigenvalue weighted by Gasteiger charge is 2.27. The van der Waals surface area contributed by atoms with Gasteiger partial charge in [0.2, 0.25) is 5.91 Å². The number of thioether (sulfide) groups is 1. The van der Waals surface area contributed by atoms with Crippen molar-refractivity contribution in [2.24, 2.45) is 0 Å². The van der Waals surface area contributed by atoms with Crippen molar-refractivity contribution < 1.29 is 13.2 Å². The largest absolute Gasteiger partial charge is 0.354 e. The Hall–Kier alpha value is -2.48. The first-order valence-electron chi connectivity index (χ1n) is 10.5. The third-order valence-corrected chi connectivity index (χ3v) is 8.01. The Labute approximate surface area is 205 Å². The minimum Gasteiger partial charge on any atom is -0.354 e. The first-order chi connectivity index (χ1) is 15.8. The van der Waals surface area contributed by atoms with E-state index in [1.54, 1.807) is 54.2 Å². The molecule has 174 valence electrons. The predicted molar refractivity (Wildman–Crippen MR) is 138 cm³/mol. The van der Waals surface area contributed by atoms with E-state index in [4.69, 9.17) is 11.6 Å². The molecule has 8 heteroatoms. The highest BCUT2D eigenvalue weighted by atomic mass is 35.5. The fraction of sp³-hybridized carbons (Fsp3) is 0.240. The third kappa shape index (κ3) is 7.25. The summed E-state index contributed by atoms with van der Waals surface area (Å²) < 4.78 is 27.9. The fourth-order valence-corrected chi connectivity index (χ4v) is 5.51. The molecule has 3 aromatic carbocycles. The first-order valence-corrected chi connectivity index (χ1v) is 13.5. The van der Waals surface area contributed by atoms with Gasteiger partial charge in [-0.3, -0.25) is 9.10 Å².